The van der Waals surface area contributed by atoms with Crippen LogP contribution in [0.5, 0.6) is 0 Å². The van der Waals surface area contributed by atoms with E-state index in [-0.39, 0.29) is 16.3 Å². The number of tetrazole rings is 1. The first-order valence-electron chi connectivity index (χ1n) is 11.4. The van der Waals surface area contributed by atoms with Crippen LogP contribution in [0, 0.1) is 0 Å². The average molecular weight is 621 g/mol. The second-order valence-corrected chi connectivity index (χ2v) is 12.4. The van der Waals surface area contributed by atoms with Crippen molar-refractivity contribution in [2.75, 3.05) is 11.5 Å². The molecular weight excluding hydrogens is 601 g/mol. The van der Waals surface area contributed by atoms with Gasteiger partial charge in [-0.2, -0.15) is 0 Å². The smallest absolute Gasteiger partial charge is 0.352 e. The van der Waals surface area contributed by atoms with E-state index in [1.165, 1.54) is 34.3 Å². The van der Waals surface area contributed by atoms with Crippen molar-refractivity contribution in [3.05, 3.63) is 56.1 Å². The lowest BCUT2D eigenvalue weighted by atomic mass is 10.0. The van der Waals surface area contributed by atoms with Crippen molar-refractivity contribution < 1.29 is 29.1 Å². The third-order valence-corrected chi connectivity index (χ3v) is 10.2. The van der Waals surface area contributed by atoms with E-state index >= 15 is 0 Å². The molecule has 3 aromatic heterocycles. The quantitative estimate of drug-likeness (QED) is 0.229. The molecule has 14 nitrogen and oxygen atoms in total. The van der Waals surface area contributed by atoms with Crippen molar-refractivity contribution in [3.8, 4) is 0 Å². The van der Waals surface area contributed by atoms with Gasteiger partial charge in [-0.1, -0.05) is 23.9 Å². The van der Waals surface area contributed by atoms with Gasteiger partial charge in [0.2, 0.25) is 11.1 Å². The monoisotopic (exact) mass is 620 g/mol. The zero-order chi connectivity index (χ0) is 28.6. The molecule has 0 aromatic carbocycles. The fraction of sp³-hybridized carbons (Fsp3) is 0.273. The zero-order valence-corrected chi connectivity index (χ0v) is 23.8. The van der Waals surface area contributed by atoms with E-state index in [0.717, 1.165) is 27.6 Å². The van der Waals surface area contributed by atoms with Crippen LogP contribution >= 0.6 is 46.2 Å². The molecule has 3 aromatic rings. The van der Waals surface area contributed by atoms with Crippen LogP contribution in [-0.2, 0) is 21.4 Å². The van der Waals surface area contributed by atoms with Gasteiger partial charge in [-0.05, 0) is 38.9 Å². The minimum atomic E-state index is -1.43. The molecule has 208 valence electrons. The van der Waals surface area contributed by atoms with E-state index in [1.54, 1.807) is 36.0 Å². The van der Waals surface area contributed by atoms with Gasteiger partial charge >= 0.3 is 12.0 Å². The van der Waals surface area contributed by atoms with Gasteiger partial charge in [0.05, 0.1) is 4.88 Å². The summed E-state index contributed by atoms with van der Waals surface area (Å²) in [6.45, 7) is 0. The molecule has 4 N–H and O–H groups in total. The Kier molecular flexibility index (Phi) is 7.92. The molecule has 2 aliphatic rings. The highest BCUT2D eigenvalue weighted by Crippen LogP contribution is 2.42. The molecule has 0 radical (unpaired) electrons. The molecule has 5 heterocycles. The van der Waals surface area contributed by atoms with Crippen molar-refractivity contribution >= 4 is 75.9 Å². The van der Waals surface area contributed by atoms with Crippen molar-refractivity contribution in [2.24, 2.45) is 12.8 Å². The van der Waals surface area contributed by atoms with Crippen LogP contribution in [0.15, 0.2) is 51.5 Å². The molecule has 0 bridgehead atoms. The number of carbonyl (C=O) groups is 5. The van der Waals surface area contributed by atoms with Gasteiger partial charge in [0.15, 0.2) is 6.04 Å². The number of aryl methyl sites for hydroxylation is 1. The van der Waals surface area contributed by atoms with Crippen molar-refractivity contribution in [3.63, 3.8) is 0 Å². The Bertz CT molecular complexity index is 1500. The van der Waals surface area contributed by atoms with Crippen LogP contribution in [0.25, 0.3) is 0 Å². The summed E-state index contributed by atoms with van der Waals surface area (Å²) in [6, 6.07) is 2.75. The fourth-order valence-corrected chi connectivity index (χ4v) is 8.01. The number of imide groups is 1. The van der Waals surface area contributed by atoms with Gasteiger partial charge in [-0.15, -0.1) is 39.5 Å². The van der Waals surface area contributed by atoms with Crippen LogP contribution in [0.1, 0.15) is 20.6 Å². The molecule has 2 aliphatic heterocycles. The molecule has 1 saturated heterocycles. The fourth-order valence-electron chi connectivity index (χ4n) is 4.21. The number of amides is 5. The van der Waals surface area contributed by atoms with Crippen molar-refractivity contribution in [1.29, 1.82) is 0 Å². The summed E-state index contributed by atoms with van der Waals surface area (Å²) in [7, 11) is 1.66. The van der Waals surface area contributed by atoms with Gasteiger partial charge in [-0.3, -0.25) is 19.3 Å². The lowest BCUT2D eigenvalue weighted by Crippen LogP contribution is -2.71. The normalized spacial score (nSPS) is 19.0. The highest BCUT2D eigenvalue weighted by atomic mass is 32.2. The molecular formula is C22H20N8O6S4. The first-order valence-corrected chi connectivity index (χ1v) is 15.2. The van der Waals surface area contributed by atoms with Gasteiger partial charge in [0, 0.05) is 23.4 Å². The maximum atomic E-state index is 13.6. The third kappa shape index (κ3) is 5.09. The SMILES string of the molecule is Cn1nnnc1SCC1=C(C(=O)O)N2C(=O)C(NC(=O)C(c3cccs3)N(C(N)=O)C(=O)c3cccs3)[C@@H]2SC1. The average Bonchev–Trinajstić information content (AvgIpc) is 3.71. The first kappa shape index (κ1) is 27.8. The Morgan fingerprint density at radius 3 is 2.60 bits per heavy atom. The standard InChI is InChI=1S/C22H20N8O6S4/c1-28-22(25-26-27-28)40-9-10-8-39-19-13(18(33)29(19)14(10)20(34)35)24-16(31)15(11-4-2-6-37-11)30(21(23)36)17(32)12-5-3-7-38-12/h2-7,13,15,19H,8-9H2,1H3,(H2,23,36)(H,24,31)(H,34,35)/t13?,15?,19-/m0/s1. The molecule has 40 heavy (non-hydrogen) atoms. The Labute approximate surface area is 242 Å². The van der Waals surface area contributed by atoms with Gasteiger partial charge in [0.1, 0.15) is 17.1 Å². The van der Waals surface area contributed by atoms with E-state index in [0.29, 0.717) is 26.3 Å². The topological polar surface area (TPSA) is 194 Å². The number of β-lactam (4-membered cyclic amide) rings is 1. The number of hydrogen-bond donors (Lipinski definition) is 3. The van der Waals surface area contributed by atoms with Crippen LogP contribution in [0.4, 0.5) is 4.79 Å². The second-order valence-electron chi connectivity index (χ2n) is 8.44. The predicted molar refractivity (Wildman–Crippen MR) is 146 cm³/mol. The number of aliphatic carboxylic acids is 1. The number of nitrogens with one attached hydrogen (secondary N) is 1. The maximum absolute atomic E-state index is 13.6. The molecule has 3 atom stereocenters. The molecule has 0 spiro atoms. The zero-order valence-electron chi connectivity index (χ0n) is 20.5. The molecule has 5 amide bonds. The highest BCUT2D eigenvalue weighted by Gasteiger charge is 2.55. The number of rotatable bonds is 9. The molecule has 1 fully saturated rings. The number of carboxylic acid groups (broad SMARTS) is 1. The number of urea groups is 1. The summed E-state index contributed by atoms with van der Waals surface area (Å²) in [5.41, 5.74) is 5.93. The summed E-state index contributed by atoms with van der Waals surface area (Å²) >= 11 is 4.76. The number of carboxylic acids is 1. The van der Waals surface area contributed by atoms with Crippen LogP contribution in [0.2, 0.25) is 0 Å². The van der Waals surface area contributed by atoms with E-state index in [1.807, 2.05) is 0 Å². The number of primary amides is 1. The van der Waals surface area contributed by atoms with Crippen LogP contribution in [0.3, 0.4) is 0 Å². The van der Waals surface area contributed by atoms with E-state index in [4.69, 9.17) is 5.73 Å². The summed E-state index contributed by atoms with van der Waals surface area (Å²) in [4.78, 5) is 67.0. The van der Waals surface area contributed by atoms with E-state index in [9.17, 15) is 29.1 Å². The number of fused-ring (bicyclic) bond motifs is 1. The number of thiophene rings is 2. The van der Waals surface area contributed by atoms with Gasteiger partial charge in [0.25, 0.3) is 11.8 Å². The van der Waals surface area contributed by atoms with Crippen molar-refractivity contribution in [1.82, 2.24) is 35.3 Å². The Hall–Kier alpha value is -3.74. The summed E-state index contributed by atoms with van der Waals surface area (Å²) in [6.07, 6.45) is 0. The van der Waals surface area contributed by atoms with Crippen LogP contribution < -0.4 is 11.1 Å². The maximum Gasteiger partial charge on any atom is 0.352 e. The second kappa shape index (κ2) is 11.4. The number of nitrogens with zero attached hydrogens (tertiary/aromatic N) is 6. The van der Waals surface area contributed by atoms with E-state index in [2.05, 4.69) is 20.8 Å². The minimum absolute atomic E-state index is 0.150. The van der Waals surface area contributed by atoms with Crippen molar-refractivity contribution in [2.45, 2.75) is 22.6 Å². The van der Waals surface area contributed by atoms with Gasteiger partial charge in [-0.25, -0.2) is 19.2 Å². The molecule has 0 aliphatic carbocycles. The number of thioether (sulfide) groups is 2. The Balaban J connectivity index is 1.37. The van der Waals surface area contributed by atoms with E-state index < -0.39 is 47.2 Å². The first-order chi connectivity index (χ1) is 19.2. The number of aromatic nitrogens is 4. The van der Waals surface area contributed by atoms with Crippen LogP contribution in [-0.4, -0.2) is 87.8 Å². The number of carbonyl (C=O) groups excluding carboxylic acids is 4. The molecule has 2 unspecified atom stereocenters. The lowest BCUT2D eigenvalue weighted by Gasteiger charge is -2.49. The molecule has 5 rings (SSSR count). The summed E-state index contributed by atoms with van der Waals surface area (Å²) in [5.74, 6) is -2.89. The minimum Gasteiger partial charge on any atom is -0.477 e. The number of hydrogen-bond acceptors (Lipinski definition) is 12. The molecule has 0 saturated carbocycles. The third-order valence-electron chi connectivity index (χ3n) is 6.01. The summed E-state index contributed by atoms with van der Waals surface area (Å²) in [5, 5.41) is 26.9. The predicted octanol–water partition coefficient (Wildman–Crippen LogP) is 1.13. The Morgan fingerprint density at radius 2 is 2.00 bits per heavy atom. The number of nitrogens with two attached hydrogens (primary N) is 1. The Morgan fingerprint density at radius 1 is 1.25 bits per heavy atom. The summed E-state index contributed by atoms with van der Waals surface area (Å²) < 4.78 is 1.45. The highest BCUT2D eigenvalue weighted by molar-refractivity contribution is 8.01. The van der Waals surface area contributed by atoms with Gasteiger partial charge < -0.3 is 16.2 Å². The lowest BCUT2D eigenvalue weighted by molar-refractivity contribution is -0.151. The largest absolute Gasteiger partial charge is 0.477 e. The molecule has 18 heteroatoms.